The first-order valence-corrected chi connectivity index (χ1v) is 6.86. The molecular weight excluding hydrogens is 307 g/mol. The second kappa shape index (κ2) is 5.79. The van der Waals surface area contributed by atoms with Gasteiger partial charge in [-0.25, -0.2) is 0 Å². The molecule has 2 aromatic carbocycles. The third-order valence-corrected chi connectivity index (χ3v) is 3.45. The molecule has 6 heteroatoms. The van der Waals surface area contributed by atoms with Gasteiger partial charge in [-0.2, -0.15) is 13.2 Å². The average molecular weight is 319 g/mol. The van der Waals surface area contributed by atoms with Crippen LogP contribution in [0.5, 0.6) is 0 Å². The Morgan fingerprint density at radius 1 is 1.00 bits per heavy atom. The van der Waals surface area contributed by atoms with Crippen LogP contribution >= 0.6 is 0 Å². The van der Waals surface area contributed by atoms with E-state index in [0.717, 1.165) is 12.1 Å². The molecule has 23 heavy (non-hydrogen) atoms. The van der Waals surface area contributed by atoms with Crippen molar-refractivity contribution in [3.63, 3.8) is 0 Å². The van der Waals surface area contributed by atoms with E-state index >= 15 is 0 Å². The molecule has 0 aliphatic rings. The van der Waals surface area contributed by atoms with Crippen molar-refractivity contribution in [1.82, 2.24) is 0 Å². The van der Waals surface area contributed by atoms with Gasteiger partial charge in [0.25, 0.3) is 0 Å². The van der Waals surface area contributed by atoms with E-state index in [0.29, 0.717) is 22.2 Å². The predicted molar refractivity (Wildman–Crippen MR) is 81.3 cm³/mol. The van der Waals surface area contributed by atoms with Crippen molar-refractivity contribution >= 4 is 16.7 Å². The Kier molecular flexibility index (Phi) is 3.82. The lowest BCUT2D eigenvalue weighted by atomic mass is 10.1. The molecule has 0 unspecified atom stereocenters. The molecule has 0 aliphatic carbocycles. The van der Waals surface area contributed by atoms with Crippen molar-refractivity contribution in [1.29, 1.82) is 0 Å². The highest BCUT2D eigenvalue weighted by molar-refractivity contribution is 5.76. The number of fused-ring (bicyclic) bond motifs is 1. The number of benzene rings is 2. The molecule has 0 fully saturated rings. The van der Waals surface area contributed by atoms with Gasteiger partial charge in [-0.15, -0.1) is 0 Å². The van der Waals surface area contributed by atoms with E-state index in [2.05, 4.69) is 5.32 Å². The van der Waals surface area contributed by atoms with Crippen LogP contribution < -0.4 is 10.7 Å². The fraction of sp³-hybridized carbons (Fsp3) is 0.118. The molecule has 3 rings (SSSR count). The fourth-order valence-corrected chi connectivity index (χ4v) is 2.21. The maximum atomic E-state index is 12.5. The van der Waals surface area contributed by atoms with Gasteiger partial charge in [0.15, 0.2) is 5.43 Å². The quantitative estimate of drug-likeness (QED) is 0.777. The monoisotopic (exact) mass is 319 g/mol. The number of anilines is 1. The highest BCUT2D eigenvalue weighted by Crippen LogP contribution is 2.29. The van der Waals surface area contributed by atoms with Gasteiger partial charge in [0, 0.05) is 12.2 Å². The highest BCUT2D eigenvalue weighted by atomic mass is 19.4. The minimum atomic E-state index is -4.36. The number of hydrogen-bond acceptors (Lipinski definition) is 3. The second-order valence-corrected chi connectivity index (χ2v) is 5.01. The van der Waals surface area contributed by atoms with Gasteiger partial charge < -0.3 is 9.73 Å². The second-order valence-electron chi connectivity index (χ2n) is 5.01. The lowest BCUT2D eigenvalue weighted by Crippen LogP contribution is -2.13. The van der Waals surface area contributed by atoms with E-state index in [4.69, 9.17) is 4.42 Å². The summed E-state index contributed by atoms with van der Waals surface area (Å²) in [7, 11) is 0. The lowest BCUT2D eigenvalue weighted by molar-refractivity contribution is -0.137. The van der Waals surface area contributed by atoms with E-state index in [-0.39, 0.29) is 12.0 Å². The summed E-state index contributed by atoms with van der Waals surface area (Å²) in [4.78, 5) is 12.3. The van der Waals surface area contributed by atoms with E-state index in [1.54, 1.807) is 24.3 Å². The maximum Gasteiger partial charge on any atom is 0.416 e. The molecule has 3 aromatic rings. The molecule has 0 saturated heterocycles. The summed E-state index contributed by atoms with van der Waals surface area (Å²) >= 11 is 0. The molecule has 0 radical (unpaired) electrons. The van der Waals surface area contributed by atoms with Gasteiger partial charge in [-0.3, -0.25) is 4.79 Å². The van der Waals surface area contributed by atoms with Gasteiger partial charge >= 0.3 is 6.18 Å². The molecule has 118 valence electrons. The lowest BCUT2D eigenvalue weighted by Gasteiger charge is -2.09. The summed E-state index contributed by atoms with van der Waals surface area (Å²) in [6, 6.07) is 11.5. The molecule has 0 aliphatic heterocycles. The largest absolute Gasteiger partial charge is 0.464 e. The number of halogens is 3. The fourth-order valence-electron chi connectivity index (χ4n) is 2.21. The van der Waals surface area contributed by atoms with Crippen molar-refractivity contribution in [2.75, 3.05) is 5.32 Å². The summed E-state index contributed by atoms with van der Waals surface area (Å²) in [5.41, 5.74) is 0.518. The first-order valence-electron chi connectivity index (χ1n) is 6.86. The first kappa shape index (κ1) is 15.1. The third-order valence-electron chi connectivity index (χ3n) is 3.45. The molecular formula is C17H12F3NO2. The topological polar surface area (TPSA) is 42.2 Å². The molecule has 0 bridgehead atoms. The Balaban J connectivity index is 1.78. The molecule has 0 saturated carbocycles. The molecule has 1 heterocycles. The zero-order chi connectivity index (χ0) is 16.4. The summed E-state index contributed by atoms with van der Waals surface area (Å²) < 4.78 is 42.9. The first-order chi connectivity index (χ1) is 10.9. The van der Waals surface area contributed by atoms with E-state index in [1.165, 1.54) is 18.4 Å². The third kappa shape index (κ3) is 3.21. The van der Waals surface area contributed by atoms with E-state index in [9.17, 15) is 18.0 Å². The number of alkyl halides is 3. The molecule has 0 spiro atoms. The number of hydrogen-bond donors (Lipinski definition) is 1. The van der Waals surface area contributed by atoms with Crippen LogP contribution in [0.25, 0.3) is 11.0 Å². The minimum absolute atomic E-state index is 0.161. The van der Waals surface area contributed by atoms with Crippen LogP contribution in [0.2, 0.25) is 0 Å². The van der Waals surface area contributed by atoms with Crippen molar-refractivity contribution in [3.8, 4) is 0 Å². The van der Waals surface area contributed by atoms with E-state index < -0.39 is 11.7 Å². The molecule has 1 N–H and O–H groups in total. The minimum Gasteiger partial charge on any atom is -0.464 e. The Morgan fingerprint density at radius 3 is 2.39 bits per heavy atom. The molecule has 0 amide bonds. The van der Waals surface area contributed by atoms with Gasteiger partial charge in [0.2, 0.25) is 0 Å². The Bertz CT molecular complexity index is 883. The van der Waals surface area contributed by atoms with Crippen LogP contribution in [0.4, 0.5) is 18.9 Å². The van der Waals surface area contributed by atoms with Crippen molar-refractivity contribution in [2.24, 2.45) is 0 Å². The highest BCUT2D eigenvalue weighted by Gasteiger charge is 2.29. The predicted octanol–water partition coefficient (Wildman–Crippen LogP) is 4.42. The average Bonchev–Trinajstić information content (AvgIpc) is 2.54. The standard InChI is InChI=1S/C17H12F3NO2/c18-17(19,20)12-5-7-13(8-6-12)21-9-11-10-23-15-4-2-1-3-14(15)16(11)22/h1-8,10,21H,9H2. The Morgan fingerprint density at radius 2 is 1.70 bits per heavy atom. The van der Waals surface area contributed by atoms with Gasteiger partial charge in [-0.1, -0.05) is 12.1 Å². The van der Waals surface area contributed by atoms with Crippen LogP contribution in [0.15, 0.2) is 64.0 Å². The number of nitrogens with one attached hydrogen (secondary N) is 1. The van der Waals surface area contributed by atoms with E-state index in [1.807, 2.05) is 0 Å². The van der Waals surface area contributed by atoms with Gasteiger partial charge in [0.1, 0.15) is 5.58 Å². The summed E-state index contributed by atoms with van der Waals surface area (Å²) in [6.45, 7) is 0.165. The van der Waals surface area contributed by atoms with Gasteiger partial charge in [-0.05, 0) is 36.4 Å². The molecule has 0 atom stereocenters. The van der Waals surface area contributed by atoms with Crippen LogP contribution in [0.3, 0.4) is 0 Å². The van der Waals surface area contributed by atoms with Crippen LogP contribution in [-0.4, -0.2) is 0 Å². The van der Waals surface area contributed by atoms with Crippen LogP contribution in [-0.2, 0) is 12.7 Å². The normalized spacial score (nSPS) is 11.6. The molecule has 3 nitrogen and oxygen atoms in total. The Labute approximate surface area is 129 Å². The SMILES string of the molecule is O=c1c(CNc2ccc(C(F)(F)F)cc2)coc2ccccc12. The van der Waals surface area contributed by atoms with Crippen molar-refractivity contribution < 1.29 is 17.6 Å². The smallest absolute Gasteiger partial charge is 0.416 e. The zero-order valence-electron chi connectivity index (χ0n) is 11.9. The van der Waals surface area contributed by atoms with Crippen molar-refractivity contribution in [3.05, 3.63) is 76.1 Å². The van der Waals surface area contributed by atoms with Gasteiger partial charge in [0.05, 0.1) is 22.8 Å². The van der Waals surface area contributed by atoms with Crippen LogP contribution in [0.1, 0.15) is 11.1 Å². The summed E-state index contributed by atoms with van der Waals surface area (Å²) in [6.07, 6.45) is -3.00. The van der Waals surface area contributed by atoms with Crippen LogP contribution in [0, 0.1) is 0 Å². The summed E-state index contributed by atoms with van der Waals surface area (Å²) in [5.74, 6) is 0. The maximum absolute atomic E-state index is 12.5. The zero-order valence-corrected chi connectivity index (χ0v) is 11.9. The number of rotatable bonds is 3. The molecule has 1 aromatic heterocycles. The van der Waals surface area contributed by atoms with Crippen molar-refractivity contribution in [2.45, 2.75) is 12.7 Å². The summed E-state index contributed by atoms with van der Waals surface area (Å²) in [5, 5.41) is 3.39. The number of para-hydroxylation sites is 1. The Hall–Kier alpha value is -2.76.